The van der Waals surface area contributed by atoms with Gasteiger partial charge in [-0.25, -0.2) is 9.36 Å². The lowest BCUT2D eigenvalue weighted by Crippen LogP contribution is -2.34. The van der Waals surface area contributed by atoms with Crippen molar-refractivity contribution in [2.24, 2.45) is 0 Å². The van der Waals surface area contributed by atoms with Crippen LogP contribution in [0.3, 0.4) is 0 Å². The van der Waals surface area contributed by atoms with E-state index in [1.807, 2.05) is 38.1 Å². The number of rotatable bonds is 2. The zero-order valence-electron chi connectivity index (χ0n) is 12.3. The van der Waals surface area contributed by atoms with Crippen molar-refractivity contribution in [1.82, 2.24) is 9.55 Å². The fourth-order valence-electron chi connectivity index (χ4n) is 2.53. The minimum atomic E-state index is -0.466. The maximum absolute atomic E-state index is 12.7. The molecule has 2 heterocycles. The maximum Gasteiger partial charge on any atom is 0.330 e. The van der Waals surface area contributed by atoms with Crippen LogP contribution in [0.5, 0.6) is 0 Å². The van der Waals surface area contributed by atoms with E-state index in [4.69, 9.17) is 6.42 Å². The van der Waals surface area contributed by atoms with Crippen molar-refractivity contribution in [2.45, 2.75) is 20.4 Å². The summed E-state index contributed by atoms with van der Waals surface area (Å²) < 4.78 is 1.06. The van der Waals surface area contributed by atoms with Crippen molar-refractivity contribution < 1.29 is 0 Å². The third-order valence-electron chi connectivity index (χ3n) is 3.60. The molecule has 0 saturated carbocycles. The van der Waals surface area contributed by atoms with E-state index in [0.717, 1.165) is 26.1 Å². The summed E-state index contributed by atoms with van der Waals surface area (Å²) in [7, 11) is 0. The van der Waals surface area contributed by atoms with E-state index >= 15 is 0 Å². The molecule has 22 heavy (non-hydrogen) atoms. The number of fused-ring (bicyclic) bond motifs is 1. The van der Waals surface area contributed by atoms with Gasteiger partial charge in [0.25, 0.3) is 5.56 Å². The Kier molecular flexibility index (Phi) is 3.47. The first-order chi connectivity index (χ1) is 10.5. The van der Waals surface area contributed by atoms with Gasteiger partial charge in [-0.15, -0.1) is 17.8 Å². The number of nitrogens with one attached hydrogen (secondary N) is 1. The highest BCUT2D eigenvalue weighted by Crippen LogP contribution is 2.35. The number of aryl methyl sites for hydroxylation is 2. The lowest BCUT2D eigenvalue weighted by molar-refractivity contribution is 0.743. The molecule has 0 amide bonds. The van der Waals surface area contributed by atoms with Crippen LogP contribution >= 0.6 is 11.3 Å². The molecule has 0 atom stereocenters. The van der Waals surface area contributed by atoms with E-state index in [2.05, 4.69) is 10.9 Å². The molecule has 0 bridgehead atoms. The number of aromatic amines is 1. The molecule has 0 fully saturated rings. The van der Waals surface area contributed by atoms with Gasteiger partial charge in [-0.05, 0) is 19.4 Å². The Labute approximate surface area is 131 Å². The van der Waals surface area contributed by atoms with Crippen molar-refractivity contribution in [2.75, 3.05) is 0 Å². The smallest absolute Gasteiger partial charge is 0.298 e. The summed E-state index contributed by atoms with van der Waals surface area (Å²) in [5.41, 5.74) is 2.18. The van der Waals surface area contributed by atoms with Gasteiger partial charge in [-0.3, -0.25) is 9.78 Å². The zero-order chi connectivity index (χ0) is 15.9. The van der Waals surface area contributed by atoms with E-state index in [0.29, 0.717) is 10.2 Å². The summed E-state index contributed by atoms with van der Waals surface area (Å²) >= 11 is 1.41. The van der Waals surface area contributed by atoms with Gasteiger partial charge >= 0.3 is 5.69 Å². The Morgan fingerprint density at radius 3 is 2.55 bits per heavy atom. The average Bonchev–Trinajstić information content (AvgIpc) is 2.80. The Morgan fingerprint density at radius 2 is 1.91 bits per heavy atom. The predicted octanol–water partition coefficient (Wildman–Crippen LogP) is 2.67. The minimum absolute atomic E-state index is 0.0354. The van der Waals surface area contributed by atoms with Crippen molar-refractivity contribution in [3.05, 3.63) is 55.5 Å². The Morgan fingerprint density at radius 1 is 1.23 bits per heavy atom. The zero-order valence-corrected chi connectivity index (χ0v) is 13.1. The number of hydrogen-bond donors (Lipinski definition) is 1. The SMILES string of the molecule is C#CCn1c(=O)[nH]c2sc(C)c(-c3ccc(C)cc3)c2c1=O. The second kappa shape index (κ2) is 5.32. The monoisotopic (exact) mass is 310 g/mol. The van der Waals surface area contributed by atoms with E-state index in [-0.39, 0.29) is 12.1 Å². The lowest BCUT2D eigenvalue weighted by Gasteiger charge is -2.04. The fourth-order valence-corrected chi connectivity index (χ4v) is 3.59. The highest BCUT2D eigenvalue weighted by atomic mass is 32.1. The summed E-state index contributed by atoms with van der Waals surface area (Å²) in [4.78, 5) is 29.0. The standard InChI is InChI=1S/C17H14N2O2S/c1-4-9-19-16(20)14-13(12-7-5-10(2)6-8-12)11(3)22-15(14)18-17(19)21/h1,5-8H,9H2,2-3H3,(H,18,21). The first-order valence-corrected chi connectivity index (χ1v) is 7.61. The second-order valence-corrected chi connectivity index (χ2v) is 6.35. The van der Waals surface area contributed by atoms with E-state index in [1.54, 1.807) is 0 Å². The summed E-state index contributed by atoms with van der Waals surface area (Å²) in [6, 6.07) is 7.98. The topological polar surface area (TPSA) is 54.9 Å². The maximum atomic E-state index is 12.7. The number of benzene rings is 1. The molecule has 110 valence electrons. The van der Waals surface area contributed by atoms with Gasteiger partial charge in [0, 0.05) is 10.4 Å². The van der Waals surface area contributed by atoms with Crippen LogP contribution in [0, 0.1) is 26.2 Å². The molecule has 0 saturated heterocycles. The number of terminal acetylenes is 1. The highest BCUT2D eigenvalue weighted by molar-refractivity contribution is 7.19. The molecular formula is C17H14N2O2S. The second-order valence-electron chi connectivity index (χ2n) is 5.13. The summed E-state index contributed by atoms with van der Waals surface area (Å²) in [6.07, 6.45) is 5.25. The summed E-state index contributed by atoms with van der Waals surface area (Å²) in [6.45, 7) is 3.93. The van der Waals surface area contributed by atoms with E-state index in [9.17, 15) is 9.59 Å². The van der Waals surface area contributed by atoms with Crippen LogP contribution in [0.15, 0.2) is 33.9 Å². The van der Waals surface area contributed by atoms with Crippen LogP contribution in [0.1, 0.15) is 10.4 Å². The van der Waals surface area contributed by atoms with Crippen LogP contribution in [0.4, 0.5) is 0 Å². The van der Waals surface area contributed by atoms with Crippen LogP contribution in [-0.4, -0.2) is 9.55 Å². The first kappa shape index (κ1) is 14.4. The van der Waals surface area contributed by atoms with Crippen molar-refractivity contribution >= 4 is 21.6 Å². The molecule has 4 nitrogen and oxygen atoms in total. The third kappa shape index (κ3) is 2.18. The van der Waals surface area contributed by atoms with Crippen LogP contribution in [0.2, 0.25) is 0 Å². The van der Waals surface area contributed by atoms with E-state index < -0.39 is 5.69 Å². The molecule has 0 spiro atoms. The molecule has 0 aliphatic rings. The Hall–Kier alpha value is -2.58. The molecule has 0 aliphatic carbocycles. The van der Waals surface area contributed by atoms with Gasteiger partial charge in [-0.2, -0.15) is 0 Å². The average molecular weight is 310 g/mol. The van der Waals surface area contributed by atoms with Crippen molar-refractivity contribution in [3.63, 3.8) is 0 Å². The molecule has 3 rings (SSSR count). The van der Waals surface area contributed by atoms with Crippen LogP contribution < -0.4 is 11.2 Å². The molecule has 0 radical (unpaired) electrons. The van der Waals surface area contributed by atoms with Gasteiger partial charge in [-0.1, -0.05) is 35.7 Å². The molecule has 2 aromatic heterocycles. The van der Waals surface area contributed by atoms with Gasteiger partial charge < -0.3 is 0 Å². The summed E-state index contributed by atoms with van der Waals surface area (Å²) in [5.74, 6) is 2.35. The van der Waals surface area contributed by atoms with E-state index in [1.165, 1.54) is 11.3 Å². The number of nitrogens with zero attached hydrogens (tertiary/aromatic N) is 1. The molecule has 5 heteroatoms. The lowest BCUT2D eigenvalue weighted by atomic mass is 10.0. The molecule has 1 N–H and O–H groups in total. The van der Waals surface area contributed by atoms with Crippen LogP contribution in [-0.2, 0) is 6.54 Å². The molecule has 1 aromatic carbocycles. The minimum Gasteiger partial charge on any atom is -0.298 e. The number of thiophene rings is 1. The van der Waals surface area contributed by atoms with Gasteiger partial charge in [0.2, 0.25) is 0 Å². The third-order valence-corrected chi connectivity index (χ3v) is 4.62. The number of aromatic nitrogens is 2. The molecule has 3 aromatic rings. The van der Waals surface area contributed by atoms with Crippen LogP contribution in [0.25, 0.3) is 21.3 Å². The molecule has 0 unspecified atom stereocenters. The number of hydrogen-bond acceptors (Lipinski definition) is 3. The number of H-pyrrole nitrogens is 1. The largest absolute Gasteiger partial charge is 0.330 e. The van der Waals surface area contributed by atoms with Gasteiger partial charge in [0.15, 0.2) is 0 Å². The Balaban J connectivity index is 2.41. The Bertz CT molecular complexity index is 1010. The first-order valence-electron chi connectivity index (χ1n) is 6.79. The quantitative estimate of drug-likeness (QED) is 0.740. The molecule has 0 aliphatic heterocycles. The predicted molar refractivity (Wildman–Crippen MR) is 90.4 cm³/mol. The summed E-state index contributed by atoms with van der Waals surface area (Å²) in [5, 5.41) is 0.529. The fraction of sp³-hybridized carbons (Fsp3) is 0.176. The van der Waals surface area contributed by atoms with Gasteiger partial charge in [0.05, 0.1) is 11.9 Å². The van der Waals surface area contributed by atoms with Crippen molar-refractivity contribution in [1.29, 1.82) is 0 Å². The molecular weight excluding hydrogens is 296 g/mol. The van der Waals surface area contributed by atoms with Crippen molar-refractivity contribution in [3.8, 4) is 23.5 Å². The van der Waals surface area contributed by atoms with Gasteiger partial charge in [0.1, 0.15) is 4.83 Å². The highest BCUT2D eigenvalue weighted by Gasteiger charge is 2.17. The normalized spacial score (nSPS) is 10.8.